The second-order valence-electron chi connectivity index (χ2n) is 6.32. The highest BCUT2D eigenvalue weighted by atomic mass is 32.1. The number of hydrogen-bond acceptors (Lipinski definition) is 4. The van der Waals surface area contributed by atoms with E-state index in [9.17, 15) is 10.1 Å². The number of nitrogens with two attached hydrogens (primary N) is 1. The highest BCUT2D eigenvalue weighted by molar-refractivity contribution is 7.16. The highest BCUT2D eigenvalue weighted by Crippen LogP contribution is 2.39. The smallest absolute Gasteiger partial charge is 0.226 e. The predicted molar refractivity (Wildman–Crippen MR) is 84.3 cm³/mol. The van der Waals surface area contributed by atoms with E-state index < -0.39 is 0 Å². The molecule has 2 aliphatic carbocycles. The number of carbonyl (C=O) groups is 1. The zero-order chi connectivity index (χ0) is 14.9. The molecule has 0 atom stereocenters. The minimum absolute atomic E-state index is 0.0455. The SMILES string of the molecule is N#Cc1c(NC(=O)CC2(N)CCCCC2)sc2c1CCC2. The van der Waals surface area contributed by atoms with Gasteiger partial charge in [-0.05, 0) is 37.7 Å². The van der Waals surface area contributed by atoms with Crippen molar-refractivity contribution in [2.24, 2.45) is 5.73 Å². The summed E-state index contributed by atoms with van der Waals surface area (Å²) < 4.78 is 0. The maximum atomic E-state index is 12.3. The van der Waals surface area contributed by atoms with Gasteiger partial charge in [-0.15, -0.1) is 11.3 Å². The molecule has 1 heterocycles. The van der Waals surface area contributed by atoms with Crippen LogP contribution in [-0.2, 0) is 17.6 Å². The van der Waals surface area contributed by atoms with Crippen molar-refractivity contribution >= 4 is 22.2 Å². The fourth-order valence-corrected chi connectivity index (χ4v) is 4.79. The lowest BCUT2D eigenvalue weighted by atomic mass is 9.80. The summed E-state index contributed by atoms with van der Waals surface area (Å²) in [6.07, 6.45) is 8.77. The molecule has 0 aromatic carbocycles. The molecule has 0 spiro atoms. The van der Waals surface area contributed by atoms with Gasteiger partial charge in [0.25, 0.3) is 0 Å². The van der Waals surface area contributed by atoms with Crippen LogP contribution in [0, 0.1) is 11.3 Å². The van der Waals surface area contributed by atoms with Crippen LogP contribution in [0.3, 0.4) is 0 Å². The summed E-state index contributed by atoms with van der Waals surface area (Å²) in [5.74, 6) is -0.0455. The largest absolute Gasteiger partial charge is 0.325 e. The molecule has 0 unspecified atom stereocenters. The maximum Gasteiger partial charge on any atom is 0.226 e. The third-order valence-corrected chi connectivity index (χ3v) is 5.86. The molecular formula is C16H21N3OS. The van der Waals surface area contributed by atoms with Crippen LogP contribution < -0.4 is 11.1 Å². The average molecular weight is 303 g/mol. The van der Waals surface area contributed by atoms with Crippen LogP contribution in [0.5, 0.6) is 0 Å². The fraction of sp³-hybridized carbons (Fsp3) is 0.625. The van der Waals surface area contributed by atoms with E-state index in [1.54, 1.807) is 11.3 Å². The molecule has 1 aromatic heterocycles. The molecule has 1 aromatic rings. The number of nitriles is 1. The number of thiophene rings is 1. The number of anilines is 1. The Bertz CT molecular complexity index is 593. The molecule has 1 amide bonds. The molecule has 0 saturated heterocycles. The van der Waals surface area contributed by atoms with Gasteiger partial charge in [0, 0.05) is 16.8 Å². The number of hydrogen-bond donors (Lipinski definition) is 2. The van der Waals surface area contributed by atoms with E-state index in [-0.39, 0.29) is 11.4 Å². The zero-order valence-corrected chi connectivity index (χ0v) is 13.0. The fourth-order valence-electron chi connectivity index (χ4n) is 3.53. The van der Waals surface area contributed by atoms with Crippen molar-refractivity contribution in [1.82, 2.24) is 0 Å². The van der Waals surface area contributed by atoms with E-state index in [1.165, 1.54) is 11.3 Å². The standard InChI is InChI=1S/C16H21N3OS/c17-10-12-11-5-4-6-13(11)21-15(12)19-14(20)9-16(18)7-2-1-3-8-16/h1-9,18H2,(H,19,20). The summed E-state index contributed by atoms with van der Waals surface area (Å²) in [5.41, 5.74) is 7.81. The molecule has 2 aliphatic rings. The quantitative estimate of drug-likeness (QED) is 0.900. The Balaban J connectivity index is 1.69. The lowest BCUT2D eigenvalue weighted by Crippen LogP contribution is -2.44. The van der Waals surface area contributed by atoms with Crippen LogP contribution in [0.4, 0.5) is 5.00 Å². The second kappa shape index (κ2) is 5.78. The van der Waals surface area contributed by atoms with Gasteiger partial charge < -0.3 is 11.1 Å². The topological polar surface area (TPSA) is 78.9 Å². The Morgan fingerprint density at radius 3 is 2.76 bits per heavy atom. The first-order valence-corrected chi connectivity index (χ1v) is 8.56. The first-order valence-electron chi connectivity index (χ1n) is 7.75. The van der Waals surface area contributed by atoms with E-state index >= 15 is 0 Å². The molecule has 112 valence electrons. The van der Waals surface area contributed by atoms with Crippen LogP contribution in [0.1, 0.15) is 60.9 Å². The molecule has 3 rings (SSSR count). The van der Waals surface area contributed by atoms with Crippen molar-refractivity contribution in [3.8, 4) is 6.07 Å². The average Bonchev–Trinajstić information content (AvgIpc) is 2.98. The Morgan fingerprint density at radius 1 is 1.29 bits per heavy atom. The summed E-state index contributed by atoms with van der Waals surface area (Å²) in [7, 11) is 0. The number of fused-ring (bicyclic) bond motifs is 1. The van der Waals surface area contributed by atoms with Gasteiger partial charge in [0.1, 0.15) is 11.1 Å². The van der Waals surface area contributed by atoms with Crippen molar-refractivity contribution in [2.75, 3.05) is 5.32 Å². The van der Waals surface area contributed by atoms with Gasteiger partial charge >= 0.3 is 0 Å². The number of carbonyl (C=O) groups excluding carboxylic acids is 1. The molecule has 1 fully saturated rings. The van der Waals surface area contributed by atoms with Crippen LogP contribution in [-0.4, -0.2) is 11.4 Å². The monoisotopic (exact) mass is 303 g/mol. The molecule has 0 aliphatic heterocycles. The summed E-state index contributed by atoms with van der Waals surface area (Å²) in [4.78, 5) is 13.6. The molecule has 3 N–H and O–H groups in total. The van der Waals surface area contributed by atoms with Gasteiger partial charge in [-0.2, -0.15) is 5.26 Å². The number of nitrogens with zero attached hydrogens (tertiary/aromatic N) is 1. The Kier molecular flexibility index (Phi) is 4.01. The van der Waals surface area contributed by atoms with Crippen LogP contribution in [0.2, 0.25) is 0 Å². The van der Waals surface area contributed by atoms with E-state index in [1.807, 2.05) is 0 Å². The molecule has 4 nitrogen and oxygen atoms in total. The van der Waals surface area contributed by atoms with Crippen molar-refractivity contribution in [1.29, 1.82) is 5.26 Å². The first kappa shape index (κ1) is 14.6. The van der Waals surface area contributed by atoms with Crippen molar-refractivity contribution in [2.45, 2.75) is 63.3 Å². The Labute approximate surface area is 129 Å². The van der Waals surface area contributed by atoms with E-state index in [4.69, 9.17) is 5.73 Å². The number of rotatable bonds is 3. The van der Waals surface area contributed by atoms with Gasteiger partial charge in [-0.1, -0.05) is 19.3 Å². The second-order valence-corrected chi connectivity index (χ2v) is 7.43. The summed E-state index contributed by atoms with van der Waals surface area (Å²) in [6, 6.07) is 2.26. The first-order chi connectivity index (χ1) is 10.1. The van der Waals surface area contributed by atoms with E-state index in [2.05, 4.69) is 11.4 Å². The van der Waals surface area contributed by atoms with Gasteiger partial charge in [-0.25, -0.2) is 0 Å². The lowest BCUT2D eigenvalue weighted by Gasteiger charge is -2.32. The zero-order valence-electron chi connectivity index (χ0n) is 12.2. The van der Waals surface area contributed by atoms with Gasteiger partial charge in [0.15, 0.2) is 0 Å². The highest BCUT2D eigenvalue weighted by Gasteiger charge is 2.31. The molecule has 5 heteroatoms. The minimum atomic E-state index is -0.352. The Morgan fingerprint density at radius 2 is 2.05 bits per heavy atom. The molecule has 21 heavy (non-hydrogen) atoms. The number of aryl methyl sites for hydroxylation is 1. The van der Waals surface area contributed by atoms with Gasteiger partial charge in [0.05, 0.1) is 5.56 Å². The number of nitrogens with one attached hydrogen (secondary N) is 1. The van der Waals surface area contributed by atoms with Gasteiger partial charge in [0.2, 0.25) is 5.91 Å². The number of amides is 1. The van der Waals surface area contributed by atoms with Crippen molar-refractivity contribution in [3.63, 3.8) is 0 Å². The summed E-state index contributed by atoms with van der Waals surface area (Å²) in [6.45, 7) is 0. The molecular weight excluding hydrogens is 282 g/mol. The van der Waals surface area contributed by atoms with Crippen LogP contribution in [0.15, 0.2) is 0 Å². The molecule has 1 saturated carbocycles. The van der Waals surface area contributed by atoms with Crippen LogP contribution >= 0.6 is 11.3 Å². The van der Waals surface area contributed by atoms with E-state index in [0.717, 1.165) is 55.5 Å². The van der Waals surface area contributed by atoms with E-state index in [0.29, 0.717) is 12.0 Å². The molecule has 0 bridgehead atoms. The van der Waals surface area contributed by atoms with Crippen LogP contribution in [0.25, 0.3) is 0 Å². The Hall–Kier alpha value is -1.38. The lowest BCUT2D eigenvalue weighted by molar-refractivity contribution is -0.117. The van der Waals surface area contributed by atoms with Gasteiger partial charge in [-0.3, -0.25) is 4.79 Å². The molecule has 0 radical (unpaired) electrons. The third-order valence-electron chi connectivity index (χ3n) is 4.65. The summed E-state index contributed by atoms with van der Waals surface area (Å²) in [5, 5.41) is 13.0. The van der Waals surface area contributed by atoms with Crippen molar-refractivity contribution < 1.29 is 4.79 Å². The predicted octanol–water partition coefficient (Wildman–Crippen LogP) is 3.10. The summed E-state index contributed by atoms with van der Waals surface area (Å²) >= 11 is 1.57. The normalized spacial score (nSPS) is 19.8. The minimum Gasteiger partial charge on any atom is -0.325 e. The van der Waals surface area contributed by atoms with Crippen molar-refractivity contribution in [3.05, 3.63) is 16.0 Å². The third kappa shape index (κ3) is 2.97. The maximum absolute atomic E-state index is 12.3.